The molecule has 138 valence electrons. The lowest BCUT2D eigenvalue weighted by atomic mass is 10.1. The van der Waals surface area contributed by atoms with Crippen molar-refractivity contribution in [2.24, 2.45) is 11.8 Å². The highest BCUT2D eigenvalue weighted by molar-refractivity contribution is 6.60. The lowest BCUT2D eigenvalue weighted by Crippen LogP contribution is -2.46. The molecule has 0 saturated heterocycles. The third-order valence-corrected chi connectivity index (χ3v) is 7.65. The van der Waals surface area contributed by atoms with Crippen LogP contribution in [0.4, 0.5) is 4.79 Å². The number of nitrogens with one attached hydrogen (secondary N) is 1. The molecule has 0 spiro atoms. The van der Waals surface area contributed by atoms with Gasteiger partial charge in [-0.3, -0.25) is 0 Å². The molecule has 2 bridgehead atoms. The van der Waals surface area contributed by atoms with E-state index in [0.29, 0.717) is 44.2 Å². The van der Waals surface area contributed by atoms with Crippen molar-refractivity contribution in [3.8, 4) is 0 Å². The standard InChI is InChI=1S/C17H31NO5Si/c1-4-20-24(21-5-2,22-6-3)11-7-10-18-17(19)23-16-13-14-8-9-15(16)12-14/h8-9,14-16H,4-7,10-13H2,1-3H3,(H,18,19). The lowest BCUT2D eigenvalue weighted by Gasteiger charge is -2.28. The number of hydrogen-bond acceptors (Lipinski definition) is 5. The average Bonchev–Trinajstić information content (AvgIpc) is 3.15. The number of amides is 1. The van der Waals surface area contributed by atoms with Crippen molar-refractivity contribution >= 4 is 14.9 Å². The van der Waals surface area contributed by atoms with Gasteiger partial charge in [-0.2, -0.15) is 0 Å². The van der Waals surface area contributed by atoms with E-state index in [1.54, 1.807) is 0 Å². The summed E-state index contributed by atoms with van der Waals surface area (Å²) in [4.78, 5) is 11.9. The van der Waals surface area contributed by atoms with E-state index in [-0.39, 0.29) is 12.2 Å². The van der Waals surface area contributed by atoms with Gasteiger partial charge in [-0.25, -0.2) is 4.79 Å². The number of ether oxygens (including phenoxy) is 1. The molecule has 0 aliphatic heterocycles. The van der Waals surface area contributed by atoms with E-state index in [9.17, 15) is 4.79 Å². The summed E-state index contributed by atoms with van der Waals surface area (Å²) >= 11 is 0. The first-order valence-corrected chi connectivity index (χ1v) is 11.1. The predicted octanol–water partition coefficient (Wildman–Crippen LogP) is 3.12. The summed E-state index contributed by atoms with van der Waals surface area (Å²) in [7, 11) is -2.62. The zero-order valence-electron chi connectivity index (χ0n) is 15.1. The van der Waals surface area contributed by atoms with E-state index >= 15 is 0 Å². The van der Waals surface area contributed by atoms with Gasteiger partial charge in [-0.15, -0.1) is 0 Å². The minimum Gasteiger partial charge on any atom is -0.446 e. The molecule has 0 aromatic rings. The molecule has 2 aliphatic carbocycles. The molecular formula is C17H31NO5Si. The average molecular weight is 358 g/mol. The Balaban J connectivity index is 1.68. The Bertz CT molecular complexity index is 414. The second-order valence-electron chi connectivity index (χ2n) is 6.24. The van der Waals surface area contributed by atoms with E-state index in [1.165, 1.54) is 0 Å². The molecule has 0 radical (unpaired) electrons. The molecule has 0 aromatic carbocycles. The SMILES string of the molecule is CCO[Si](CCCNC(=O)OC1CC2C=CC1C2)(OCC)OCC. The molecule has 3 atom stereocenters. The van der Waals surface area contributed by atoms with Gasteiger partial charge in [0.2, 0.25) is 0 Å². The highest BCUT2D eigenvalue weighted by Crippen LogP contribution is 2.40. The Labute approximate surface area is 146 Å². The molecule has 2 aliphatic rings. The lowest BCUT2D eigenvalue weighted by molar-refractivity contribution is 0.0697. The van der Waals surface area contributed by atoms with E-state index in [2.05, 4.69) is 17.5 Å². The summed E-state index contributed by atoms with van der Waals surface area (Å²) in [6.07, 6.45) is 6.98. The minimum absolute atomic E-state index is 0.0451. The molecule has 1 N–H and O–H groups in total. The van der Waals surface area contributed by atoms with Crippen LogP contribution < -0.4 is 5.32 Å². The number of rotatable bonds is 11. The summed E-state index contributed by atoms with van der Waals surface area (Å²) in [5, 5.41) is 2.84. The van der Waals surface area contributed by atoms with Crippen LogP contribution in [-0.2, 0) is 18.0 Å². The van der Waals surface area contributed by atoms with Gasteiger partial charge in [0.15, 0.2) is 0 Å². The maximum absolute atomic E-state index is 11.9. The molecule has 6 nitrogen and oxygen atoms in total. The van der Waals surface area contributed by atoms with Crippen molar-refractivity contribution in [3.63, 3.8) is 0 Å². The van der Waals surface area contributed by atoms with Crippen molar-refractivity contribution in [2.45, 2.75) is 52.2 Å². The zero-order chi connectivity index (χ0) is 17.4. The molecular weight excluding hydrogens is 326 g/mol. The van der Waals surface area contributed by atoms with Crippen molar-refractivity contribution in [1.29, 1.82) is 0 Å². The number of alkyl carbamates (subject to hydrolysis) is 1. The van der Waals surface area contributed by atoms with Crippen molar-refractivity contribution in [3.05, 3.63) is 12.2 Å². The smallest absolute Gasteiger partial charge is 0.446 e. The van der Waals surface area contributed by atoms with Crippen molar-refractivity contribution in [1.82, 2.24) is 5.32 Å². The molecule has 7 heteroatoms. The van der Waals surface area contributed by atoms with Gasteiger partial charge in [-0.1, -0.05) is 12.2 Å². The first-order chi connectivity index (χ1) is 11.6. The maximum Gasteiger partial charge on any atom is 0.500 e. The first kappa shape index (κ1) is 19.4. The fourth-order valence-electron chi connectivity index (χ4n) is 3.54. The Morgan fingerprint density at radius 2 is 1.75 bits per heavy atom. The maximum atomic E-state index is 11.9. The molecule has 3 unspecified atom stereocenters. The van der Waals surface area contributed by atoms with Crippen molar-refractivity contribution < 1.29 is 22.8 Å². The summed E-state index contributed by atoms with van der Waals surface area (Å²) in [6.45, 7) is 8.08. The van der Waals surface area contributed by atoms with E-state index in [4.69, 9.17) is 18.0 Å². The predicted molar refractivity (Wildman–Crippen MR) is 93.7 cm³/mol. The topological polar surface area (TPSA) is 66.0 Å². The molecule has 1 saturated carbocycles. The molecule has 24 heavy (non-hydrogen) atoms. The van der Waals surface area contributed by atoms with Crippen LogP contribution in [0, 0.1) is 11.8 Å². The fourth-order valence-corrected chi connectivity index (χ4v) is 6.15. The second-order valence-corrected chi connectivity index (χ2v) is 8.97. The van der Waals surface area contributed by atoms with Gasteiger partial charge in [0, 0.05) is 38.3 Å². The van der Waals surface area contributed by atoms with Crippen LogP contribution in [0.2, 0.25) is 6.04 Å². The summed E-state index contributed by atoms with van der Waals surface area (Å²) in [5.74, 6) is 1.01. The van der Waals surface area contributed by atoms with Crippen LogP contribution in [0.3, 0.4) is 0 Å². The zero-order valence-corrected chi connectivity index (χ0v) is 16.1. The summed E-state index contributed by atoms with van der Waals surface area (Å²) in [5.41, 5.74) is 0. The number of allylic oxidation sites excluding steroid dienone is 1. The third kappa shape index (κ3) is 5.30. The highest BCUT2D eigenvalue weighted by Gasteiger charge is 2.40. The normalized spacial score (nSPS) is 25.2. The Morgan fingerprint density at radius 1 is 1.08 bits per heavy atom. The molecule has 1 amide bonds. The number of carbonyl (C=O) groups excluding carboxylic acids is 1. The molecule has 0 heterocycles. The fraction of sp³-hybridized carbons (Fsp3) is 0.824. The second kappa shape index (κ2) is 9.55. The van der Waals surface area contributed by atoms with Gasteiger partial charge in [0.1, 0.15) is 6.10 Å². The van der Waals surface area contributed by atoms with Crippen LogP contribution >= 0.6 is 0 Å². The van der Waals surface area contributed by atoms with Crippen LogP contribution in [0.25, 0.3) is 0 Å². The van der Waals surface area contributed by atoms with Gasteiger partial charge in [0.05, 0.1) is 0 Å². The van der Waals surface area contributed by atoms with Gasteiger partial charge in [0.25, 0.3) is 0 Å². The van der Waals surface area contributed by atoms with Crippen LogP contribution in [0.1, 0.15) is 40.0 Å². The summed E-state index contributed by atoms with van der Waals surface area (Å²) in [6, 6.07) is 0.694. The number of hydrogen-bond donors (Lipinski definition) is 1. The Kier molecular flexibility index (Phi) is 7.74. The molecule has 1 fully saturated rings. The van der Waals surface area contributed by atoms with Gasteiger partial charge in [-0.05, 0) is 46.0 Å². The molecule has 0 aromatic heterocycles. The Hall–Kier alpha value is -0.893. The van der Waals surface area contributed by atoms with E-state index in [1.807, 2.05) is 20.8 Å². The van der Waals surface area contributed by atoms with E-state index < -0.39 is 8.80 Å². The Morgan fingerprint density at radius 3 is 2.25 bits per heavy atom. The highest BCUT2D eigenvalue weighted by atomic mass is 28.4. The van der Waals surface area contributed by atoms with Crippen molar-refractivity contribution in [2.75, 3.05) is 26.4 Å². The third-order valence-electron chi connectivity index (χ3n) is 4.50. The largest absolute Gasteiger partial charge is 0.500 e. The van der Waals surface area contributed by atoms with Crippen LogP contribution in [0.5, 0.6) is 0 Å². The van der Waals surface area contributed by atoms with Crippen LogP contribution in [-0.4, -0.2) is 47.4 Å². The number of fused-ring (bicyclic) bond motifs is 2. The minimum atomic E-state index is -2.62. The monoisotopic (exact) mass is 357 g/mol. The summed E-state index contributed by atoms with van der Waals surface area (Å²) < 4.78 is 22.9. The first-order valence-electron chi connectivity index (χ1n) is 9.17. The van der Waals surface area contributed by atoms with Gasteiger partial charge < -0.3 is 23.3 Å². The van der Waals surface area contributed by atoms with Crippen LogP contribution in [0.15, 0.2) is 12.2 Å². The van der Waals surface area contributed by atoms with E-state index in [0.717, 1.165) is 19.3 Å². The molecule has 2 rings (SSSR count). The quantitative estimate of drug-likeness (QED) is 0.350. The number of carbonyl (C=O) groups is 1. The van der Waals surface area contributed by atoms with Gasteiger partial charge >= 0.3 is 14.9 Å².